The Hall–Kier alpha value is -0.600. The van der Waals surface area contributed by atoms with Crippen LogP contribution in [-0.4, -0.2) is 0 Å². The zero-order chi connectivity index (χ0) is 8.84. The van der Waals surface area contributed by atoms with E-state index < -0.39 is 7.03 Å². The van der Waals surface area contributed by atoms with Gasteiger partial charge in [-0.1, -0.05) is 0 Å². The number of halogens is 3. The number of rotatable bonds is 0. The van der Waals surface area contributed by atoms with E-state index in [1.165, 1.54) is 12.1 Å². The van der Waals surface area contributed by atoms with Crippen molar-refractivity contribution in [2.75, 3.05) is 0 Å². The van der Waals surface area contributed by atoms with Gasteiger partial charge in [-0.3, -0.25) is 0 Å². The molecular weight excluding hydrogens is 208 g/mol. The fraction of sp³-hybridized carbons (Fsp3) is 0. The van der Waals surface area contributed by atoms with Crippen molar-refractivity contribution < 1.29 is 17.4 Å². The van der Waals surface area contributed by atoms with Crippen LogP contribution in [0.25, 0.3) is 0 Å². The SMILES string of the molecule is FP1(F)(Cl)Oc2ccccc2O1. The molecule has 2 rings (SSSR count). The average Bonchev–Trinajstić information content (AvgIpc) is 2.16. The molecule has 0 saturated carbocycles. The van der Waals surface area contributed by atoms with Crippen LogP contribution < -0.4 is 9.05 Å². The van der Waals surface area contributed by atoms with Gasteiger partial charge in [0.1, 0.15) is 0 Å². The molecule has 0 amide bonds. The van der Waals surface area contributed by atoms with Crippen molar-refractivity contribution in [1.29, 1.82) is 0 Å². The van der Waals surface area contributed by atoms with Crippen molar-refractivity contribution >= 4 is 18.3 Å². The van der Waals surface area contributed by atoms with Crippen LogP contribution >= 0.6 is 18.3 Å². The zero-order valence-corrected chi connectivity index (χ0v) is 7.36. The van der Waals surface area contributed by atoms with Crippen LogP contribution in [0, 0.1) is 0 Å². The second-order valence-electron chi connectivity index (χ2n) is 2.31. The summed E-state index contributed by atoms with van der Waals surface area (Å²) in [6.07, 6.45) is 0. The Morgan fingerprint density at radius 2 is 1.50 bits per heavy atom. The fourth-order valence-corrected chi connectivity index (χ4v) is 2.31. The van der Waals surface area contributed by atoms with Gasteiger partial charge in [-0.15, -0.1) is 0 Å². The predicted octanol–water partition coefficient (Wildman–Crippen LogP) is 3.76. The Bertz CT molecular complexity index is 307. The molecule has 0 aliphatic carbocycles. The molecule has 2 nitrogen and oxygen atoms in total. The first-order valence-electron chi connectivity index (χ1n) is 3.11. The summed E-state index contributed by atoms with van der Waals surface area (Å²) in [6, 6.07) is 5.89. The summed E-state index contributed by atoms with van der Waals surface area (Å²) in [5.74, 6) is -0.00895. The first kappa shape index (κ1) is 8.02. The topological polar surface area (TPSA) is 18.5 Å². The average molecular weight is 213 g/mol. The van der Waals surface area contributed by atoms with Crippen LogP contribution in [0.1, 0.15) is 0 Å². The molecule has 0 atom stereocenters. The number of fused-ring (bicyclic) bond motifs is 1. The zero-order valence-electron chi connectivity index (χ0n) is 5.71. The Balaban J connectivity index is 2.47. The Labute approximate surface area is 72.2 Å². The summed E-state index contributed by atoms with van der Waals surface area (Å²) in [7, 11) is -5.83. The number of hydrogen-bond donors (Lipinski definition) is 0. The molecule has 12 heavy (non-hydrogen) atoms. The van der Waals surface area contributed by atoms with Gasteiger partial charge >= 0.3 is 71.5 Å². The predicted molar refractivity (Wildman–Crippen MR) is 42.7 cm³/mol. The summed E-state index contributed by atoms with van der Waals surface area (Å²) >= 11 is 4.84. The van der Waals surface area contributed by atoms with Crippen molar-refractivity contribution in [2.45, 2.75) is 0 Å². The molecule has 1 aromatic carbocycles. The van der Waals surface area contributed by atoms with E-state index in [0.29, 0.717) is 0 Å². The standard InChI is InChI=1S/C6H4ClF2O2P/c7-12(8,9)10-5-3-1-2-4-6(5)11-12/h1-4H. The normalized spacial score (nSPS) is 25.8. The Morgan fingerprint density at radius 3 is 1.92 bits per heavy atom. The third-order valence-electron chi connectivity index (χ3n) is 1.33. The van der Waals surface area contributed by atoms with E-state index in [1.807, 2.05) is 0 Å². The molecule has 1 heterocycles. The van der Waals surface area contributed by atoms with Gasteiger partial charge < -0.3 is 0 Å². The molecule has 0 N–H and O–H groups in total. The van der Waals surface area contributed by atoms with E-state index in [4.69, 9.17) is 11.2 Å². The summed E-state index contributed by atoms with van der Waals surface area (Å²) in [4.78, 5) is 0. The molecule has 1 aliphatic heterocycles. The van der Waals surface area contributed by atoms with E-state index in [2.05, 4.69) is 9.05 Å². The van der Waals surface area contributed by atoms with Crippen LogP contribution in [0.15, 0.2) is 24.3 Å². The van der Waals surface area contributed by atoms with Crippen LogP contribution in [-0.2, 0) is 0 Å². The molecule has 6 heteroatoms. The van der Waals surface area contributed by atoms with Crippen molar-refractivity contribution in [3.8, 4) is 11.5 Å². The molecule has 0 spiro atoms. The number of para-hydroxylation sites is 2. The fourth-order valence-electron chi connectivity index (χ4n) is 0.923. The van der Waals surface area contributed by atoms with Gasteiger partial charge in [0, 0.05) is 0 Å². The van der Waals surface area contributed by atoms with E-state index in [9.17, 15) is 8.39 Å². The Kier molecular flexibility index (Phi) is 1.34. The van der Waals surface area contributed by atoms with Crippen LogP contribution in [0.4, 0.5) is 8.39 Å². The summed E-state index contributed by atoms with van der Waals surface area (Å²) < 4.78 is 34.2. The molecule has 0 unspecified atom stereocenters. The van der Waals surface area contributed by atoms with Gasteiger partial charge in [0.25, 0.3) is 0 Å². The summed E-state index contributed by atoms with van der Waals surface area (Å²) in [6.45, 7) is 0. The van der Waals surface area contributed by atoms with Gasteiger partial charge in [-0.05, 0) is 0 Å². The maximum atomic E-state index is 12.9. The van der Waals surface area contributed by atoms with E-state index >= 15 is 0 Å². The minimum absolute atomic E-state index is 0.00448. The van der Waals surface area contributed by atoms with Gasteiger partial charge in [-0.2, -0.15) is 0 Å². The molecule has 0 fully saturated rings. The molecule has 1 aromatic rings. The van der Waals surface area contributed by atoms with Crippen molar-refractivity contribution in [3.05, 3.63) is 24.3 Å². The van der Waals surface area contributed by atoms with Gasteiger partial charge in [0.15, 0.2) is 0 Å². The minimum atomic E-state index is -5.83. The van der Waals surface area contributed by atoms with Crippen molar-refractivity contribution in [3.63, 3.8) is 0 Å². The molecule has 0 aromatic heterocycles. The molecule has 0 saturated heterocycles. The quantitative estimate of drug-likeness (QED) is 0.610. The molecule has 66 valence electrons. The first-order chi connectivity index (χ1) is 5.44. The van der Waals surface area contributed by atoms with Crippen LogP contribution in [0.3, 0.4) is 0 Å². The third-order valence-corrected chi connectivity index (χ3v) is 2.70. The Morgan fingerprint density at radius 1 is 1.08 bits per heavy atom. The summed E-state index contributed by atoms with van der Waals surface area (Å²) in [5, 5.41) is 0. The van der Waals surface area contributed by atoms with Crippen molar-refractivity contribution in [1.82, 2.24) is 0 Å². The second-order valence-corrected chi connectivity index (χ2v) is 5.63. The number of hydrogen-bond acceptors (Lipinski definition) is 2. The summed E-state index contributed by atoms with van der Waals surface area (Å²) in [5.41, 5.74) is 0. The van der Waals surface area contributed by atoms with Gasteiger partial charge in [-0.25, -0.2) is 0 Å². The first-order valence-corrected chi connectivity index (χ1v) is 5.87. The van der Waals surface area contributed by atoms with Gasteiger partial charge in [0.2, 0.25) is 0 Å². The van der Waals surface area contributed by atoms with Gasteiger partial charge in [0.05, 0.1) is 0 Å². The maximum absolute atomic E-state index is 12.9. The monoisotopic (exact) mass is 212 g/mol. The van der Waals surface area contributed by atoms with Crippen LogP contribution in [0.2, 0.25) is 0 Å². The van der Waals surface area contributed by atoms with Crippen LogP contribution in [0.5, 0.6) is 11.5 Å². The molecule has 1 aliphatic rings. The third kappa shape index (κ3) is 1.32. The second kappa shape index (κ2) is 2.01. The van der Waals surface area contributed by atoms with E-state index in [-0.39, 0.29) is 11.5 Å². The molecule has 0 bridgehead atoms. The molecular formula is C6H4ClF2O2P. The molecule has 0 radical (unpaired) electrons. The number of benzene rings is 1. The van der Waals surface area contributed by atoms with E-state index in [0.717, 1.165) is 0 Å². The van der Waals surface area contributed by atoms with E-state index in [1.54, 1.807) is 12.1 Å². The van der Waals surface area contributed by atoms with Crippen molar-refractivity contribution in [2.24, 2.45) is 0 Å².